The highest BCUT2D eigenvalue weighted by molar-refractivity contribution is 5.68. The molecule has 0 radical (unpaired) electrons. The molecule has 21 heavy (non-hydrogen) atoms. The predicted molar refractivity (Wildman–Crippen MR) is 84.0 cm³/mol. The second-order valence-corrected chi connectivity index (χ2v) is 5.99. The molecule has 0 aliphatic carbocycles. The van der Waals surface area contributed by atoms with Gasteiger partial charge in [-0.05, 0) is 44.9 Å². The summed E-state index contributed by atoms with van der Waals surface area (Å²) in [6, 6.07) is 7.50. The number of amides is 1. The minimum absolute atomic E-state index is 0.310. The topological polar surface area (TPSA) is 64.8 Å². The van der Waals surface area contributed by atoms with E-state index in [1.54, 1.807) is 12.0 Å². The van der Waals surface area contributed by atoms with E-state index in [0.717, 1.165) is 12.0 Å². The molecule has 5 heteroatoms. The van der Waals surface area contributed by atoms with E-state index in [-0.39, 0.29) is 6.09 Å². The van der Waals surface area contributed by atoms with Crippen LogP contribution in [0.3, 0.4) is 0 Å². The van der Waals surface area contributed by atoms with Crippen molar-refractivity contribution < 1.29 is 14.3 Å². The number of carbonyl (C=O) groups excluding carboxylic acids is 1. The Bertz CT molecular complexity index is 438. The summed E-state index contributed by atoms with van der Waals surface area (Å²) in [5.41, 5.74) is 6.91. The van der Waals surface area contributed by atoms with Gasteiger partial charge in [-0.25, -0.2) is 4.79 Å². The maximum atomic E-state index is 12.3. The van der Waals surface area contributed by atoms with Crippen LogP contribution >= 0.6 is 0 Å². The molecule has 0 bridgehead atoms. The van der Waals surface area contributed by atoms with Crippen molar-refractivity contribution in [3.05, 3.63) is 29.8 Å². The zero-order chi connectivity index (χ0) is 15.9. The summed E-state index contributed by atoms with van der Waals surface area (Å²) in [6.07, 6.45) is 0.459. The van der Waals surface area contributed by atoms with E-state index in [2.05, 4.69) is 0 Å². The maximum absolute atomic E-state index is 12.3. The molecule has 118 valence electrons. The number of carbonyl (C=O) groups is 1. The molecule has 0 unspecified atom stereocenters. The van der Waals surface area contributed by atoms with E-state index in [1.807, 2.05) is 45.0 Å². The number of hydrogen-bond donors (Lipinski definition) is 1. The van der Waals surface area contributed by atoms with Crippen LogP contribution in [-0.2, 0) is 16.0 Å². The quantitative estimate of drug-likeness (QED) is 0.647. The molecule has 0 aromatic heterocycles. The number of nitrogens with zero attached hydrogens (tertiary/aromatic N) is 1. The van der Waals surface area contributed by atoms with E-state index >= 15 is 0 Å². The molecule has 1 aromatic rings. The van der Waals surface area contributed by atoms with E-state index in [9.17, 15) is 4.79 Å². The van der Waals surface area contributed by atoms with Crippen LogP contribution in [-0.4, -0.2) is 36.9 Å². The van der Waals surface area contributed by atoms with Crippen molar-refractivity contribution >= 4 is 11.8 Å². The largest absolute Gasteiger partial charge is 0.444 e. The van der Waals surface area contributed by atoms with Gasteiger partial charge in [-0.3, -0.25) is 0 Å². The number of nitrogen functional groups attached to an aromatic ring is 1. The third kappa shape index (κ3) is 6.99. The van der Waals surface area contributed by atoms with Gasteiger partial charge in [0.2, 0.25) is 0 Å². The maximum Gasteiger partial charge on any atom is 0.410 e. The van der Waals surface area contributed by atoms with Crippen LogP contribution in [0.2, 0.25) is 0 Å². The first-order chi connectivity index (χ1) is 9.81. The lowest BCUT2D eigenvalue weighted by molar-refractivity contribution is 0.0218. The standard InChI is InChI=1S/C16H26N2O3/c1-16(2,3)21-15(19)18(10-5-11-20-4)12-13-6-8-14(17)9-7-13/h6-9H,5,10-12,17H2,1-4H3. The van der Waals surface area contributed by atoms with Crippen molar-refractivity contribution in [2.75, 3.05) is 26.0 Å². The Morgan fingerprint density at radius 1 is 1.24 bits per heavy atom. The first-order valence-electron chi connectivity index (χ1n) is 7.13. The molecule has 1 amide bonds. The molecule has 2 N–H and O–H groups in total. The summed E-state index contributed by atoms with van der Waals surface area (Å²) < 4.78 is 10.5. The number of hydrogen-bond acceptors (Lipinski definition) is 4. The van der Waals surface area contributed by atoms with Gasteiger partial charge in [0, 0.05) is 32.5 Å². The van der Waals surface area contributed by atoms with Crippen LogP contribution in [0.15, 0.2) is 24.3 Å². The predicted octanol–water partition coefficient (Wildman–Crippen LogP) is 3.04. The number of rotatable bonds is 6. The van der Waals surface area contributed by atoms with Crippen molar-refractivity contribution in [2.24, 2.45) is 0 Å². The lowest BCUT2D eigenvalue weighted by atomic mass is 10.2. The number of benzene rings is 1. The monoisotopic (exact) mass is 294 g/mol. The molecule has 0 fully saturated rings. The second kappa shape index (κ2) is 7.88. The second-order valence-electron chi connectivity index (χ2n) is 5.99. The van der Waals surface area contributed by atoms with Crippen molar-refractivity contribution in [3.63, 3.8) is 0 Å². The SMILES string of the molecule is COCCCN(Cc1ccc(N)cc1)C(=O)OC(C)(C)C. The highest BCUT2D eigenvalue weighted by atomic mass is 16.6. The van der Waals surface area contributed by atoms with E-state index < -0.39 is 5.60 Å². The third-order valence-electron chi connectivity index (χ3n) is 2.78. The van der Waals surface area contributed by atoms with Gasteiger partial charge in [0.15, 0.2) is 0 Å². The van der Waals surface area contributed by atoms with Gasteiger partial charge in [0.1, 0.15) is 5.60 Å². The average molecular weight is 294 g/mol. The summed E-state index contributed by atoms with van der Waals surface area (Å²) in [5, 5.41) is 0. The van der Waals surface area contributed by atoms with Gasteiger partial charge in [-0.15, -0.1) is 0 Å². The molecule has 1 rings (SSSR count). The van der Waals surface area contributed by atoms with Crippen LogP contribution in [0, 0.1) is 0 Å². The van der Waals surface area contributed by atoms with Gasteiger partial charge < -0.3 is 20.1 Å². The summed E-state index contributed by atoms with van der Waals surface area (Å²) in [5.74, 6) is 0. The van der Waals surface area contributed by atoms with Gasteiger partial charge in [0.25, 0.3) is 0 Å². The Balaban J connectivity index is 2.71. The van der Waals surface area contributed by atoms with Gasteiger partial charge in [-0.2, -0.15) is 0 Å². The Morgan fingerprint density at radius 3 is 2.38 bits per heavy atom. The number of methoxy groups -OCH3 is 1. The number of ether oxygens (including phenoxy) is 2. The van der Waals surface area contributed by atoms with Gasteiger partial charge in [-0.1, -0.05) is 12.1 Å². The van der Waals surface area contributed by atoms with Crippen LogP contribution < -0.4 is 5.73 Å². The normalized spacial score (nSPS) is 11.2. The van der Waals surface area contributed by atoms with Gasteiger partial charge >= 0.3 is 6.09 Å². The van der Waals surface area contributed by atoms with Crippen molar-refractivity contribution in [2.45, 2.75) is 39.3 Å². The van der Waals surface area contributed by atoms with Crippen molar-refractivity contribution in [3.8, 4) is 0 Å². The van der Waals surface area contributed by atoms with Crippen LogP contribution in [0.4, 0.5) is 10.5 Å². The summed E-state index contributed by atoms with van der Waals surface area (Å²) >= 11 is 0. The molecule has 0 heterocycles. The Kier molecular flexibility index (Phi) is 6.49. The van der Waals surface area contributed by atoms with E-state index in [4.69, 9.17) is 15.2 Å². The fraction of sp³-hybridized carbons (Fsp3) is 0.562. The summed E-state index contributed by atoms with van der Waals surface area (Å²) in [6.45, 7) is 7.29. The fourth-order valence-corrected chi connectivity index (χ4v) is 1.80. The molecule has 0 aliphatic heterocycles. The molecule has 1 aromatic carbocycles. The van der Waals surface area contributed by atoms with E-state index in [1.165, 1.54) is 0 Å². The molecular weight excluding hydrogens is 268 g/mol. The summed E-state index contributed by atoms with van der Waals surface area (Å²) in [4.78, 5) is 14.0. The lowest BCUT2D eigenvalue weighted by Crippen LogP contribution is -2.37. The minimum atomic E-state index is -0.502. The lowest BCUT2D eigenvalue weighted by Gasteiger charge is -2.27. The fourth-order valence-electron chi connectivity index (χ4n) is 1.80. The van der Waals surface area contributed by atoms with Crippen LogP contribution in [0.1, 0.15) is 32.8 Å². The smallest absolute Gasteiger partial charge is 0.410 e. The first-order valence-corrected chi connectivity index (χ1v) is 7.13. The minimum Gasteiger partial charge on any atom is -0.444 e. The Hall–Kier alpha value is -1.75. The molecule has 5 nitrogen and oxygen atoms in total. The number of anilines is 1. The molecule has 0 spiro atoms. The molecule has 0 atom stereocenters. The molecule has 0 saturated heterocycles. The van der Waals surface area contributed by atoms with Crippen molar-refractivity contribution in [1.29, 1.82) is 0 Å². The Labute approximate surface area is 127 Å². The molecule has 0 saturated carbocycles. The molecule has 0 aliphatic rings. The highest BCUT2D eigenvalue weighted by Gasteiger charge is 2.22. The van der Waals surface area contributed by atoms with Gasteiger partial charge in [0.05, 0.1) is 0 Å². The number of nitrogens with two attached hydrogens (primary N) is 1. The average Bonchev–Trinajstić information content (AvgIpc) is 2.38. The summed E-state index contributed by atoms with van der Waals surface area (Å²) in [7, 11) is 1.65. The van der Waals surface area contributed by atoms with Crippen LogP contribution in [0.25, 0.3) is 0 Å². The zero-order valence-electron chi connectivity index (χ0n) is 13.4. The zero-order valence-corrected chi connectivity index (χ0v) is 13.4. The van der Waals surface area contributed by atoms with E-state index in [0.29, 0.717) is 25.4 Å². The third-order valence-corrected chi connectivity index (χ3v) is 2.78. The Morgan fingerprint density at radius 2 is 1.86 bits per heavy atom. The highest BCUT2D eigenvalue weighted by Crippen LogP contribution is 2.14. The van der Waals surface area contributed by atoms with Crippen molar-refractivity contribution in [1.82, 2.24) is 4.90 Å². The first kappa shape index (κ1) is 17.3. The van der Waals surface area contributed by atoms with Crippen LogP contribution in [0.5, 0.6) is 0 Å². The molecular formula is C16H26N2O3.